The maximum absolute atomic E-state index is 11.8. The van der Waals surface area contributed by atoms with Gasteiger partial charge in [0.25, 0.3) is 0 Å². The number of nitrogens with one attached hydrogen (secondary N) is 1. The van der Waals surface area contributed by atoms with E-state index >= 15 is 0 Å². The van der Waals surface area contributed by atoms with Crippen LogP contribution in [0.5, 0.6) is 0 Å². The molecule has 0 aromatic heterocycles. The number of carbonyl (C=O) groups excluding carboxylic acids is 2. The van der Waals surface area contributed by atoms with Gasteiger partial charge in [0.1, 0.15) is 6.04 Å². The molecule has 1 unspecified atom stereocenters. The highest BCUT2D eigenvalue weighted by Crippen LogP contribution is 2.29. The molecule has 0 saturated heterocycles. The van der Waals surface area contributed by atoms with Gasteiger partial charge in [-0.15, -0.1) is 0 Å². The lowest BCUT2D eigenvalue weighted by Crippen LogP contribution is -2.52. The van der Waals surface area contributed by atoms with Crippen molar-refractivity contribution in [2.75, 3.05) is 0 Å². The Balaban J connectivity index is 2.89. The number of rotatable bonds is 3. The first-order chi connectivity index (χ1) is 8.64. The molecule has 0 bridgehead atoms. The van der Waals surface area contributed by atoms with Crippen LogP contribution in [0.1, 0.15) is 25.5 Å². The van der Waals surface area contributed by atoms with Gasteiger partial charge in [0.2, 0.25) is 11.8 Å². The standard InChI is InChI=1S/C12H15Cl2N3O2/c1-12(2,16)11(19)17-10(18)9(15)6-4-3-5-7(13)8(6)14/h3-5,9H,15-16H2,1-2H3,(H,17,18,19). The number of halogens is 2. The summed E-state index contributed by atoms with van der Waals surface area (Å²) >= 11 is 11.8. The maximum Gasteiger partial charge on any atom is 0.248 e. The highest BCUT2D eigenvalue weighted by molar-refractivity contribution is 6.42. The van der Waals surface area contributed by atoms with Gasteiger partial charge in [-0.05, 0) is 25.5 Å². The number of imide groups is 1. The molecular formula is C12H15Cl2N3O2. The number of benzene rings is 1. The average molecular weight is 304 g/mol. The van der Waals surface area contributed by atoms with E-state index in [1.807, 2.05) is 0 Å². The van der Waals surface area contributed by atoms with Gasteiger partial charge in [0.15, 0.2) is 0 Å². The minimum atomic E-state index is -1.17. The van der Waals surface area contributed by atoms with E-state index in [9.17, 15) is 9.59 Å². The van der Waals surface area contributed by atoms with Crippen LogP contribution >= 0.6 is 23.2 Å². The summed E-state index contributed by atoms with van der Waals surface area (Å²) in [5, 5.41) is 2.61. The van der Waals surface area contributed by atoms with Crippen molar-refractivity contribution < 1.29 is 9.59 Å². The minimum Gasteiger partial charge on any atom is -0.318 e. The molecule has 104 valence electrons. The van der Waals surface area contributed by atoms with E-state index in [0.29, 0.717) is 5.56 Å². The molecule has 0 fully saturated rings. The number of nitrogens with two attached hydrogens (primary N) is 2. The van der Waals surface area contributed by atoms with Crippen LogP contribution < -0.4 is 16.8 Å². The quantitative estimate of drug-likeness (QED) is 0.785. The molecule has 0 aliphatic carbocycles. The van der Waals surface area contributed by atoms with E-state index in [1.165, 1.54) is 13.8 Å². The van der Waals surface area contributed by atoms with Crippen LogP contribution in [0.4, 0.5) is 0 Å². The summed E-state index contributed by atoms with van der Waals surface area (Å²) in [4.78, 5) is 23.4. The normalized spacial score (nSPS) is 12.9. The smallest absolute Gasteiger partial charge is 0.248 e. The number of amides is 2. The van der Waals surface area contributed by atoms with Crippen LogP contribution in [-0.2, 0) is 9.59 Å². The van der Waals surface area contributed by atoms with Gasteiger partial charge in [-0.2, -0.15) is 0 Å². The van der Waals surface area contributed by atoms with Crippen molar-refractivity contribution in [2.24, 2.45) is 11.5 Å². The molecule has 1 rings (SSSR count). The first kappa shape index (κ1) is 15.9. The van der Waals surface area contributed by atoms with Crippen molar-refractivity contribution in [3.63, 3.8) is 0 Å². The second-order valence-electron chi connectivity index (χ2n) is 4.66. The molecule has 0 aliphatic rings. The second kappa shape index (κ2) is 5.88. The summed E-state index contributed by atoms with van der Waals surface area (Å²) in [7, 11) is 0. The number of carbonyl (C=O) groups is 2. The van der Waals surface area contributed by atoms with Crippen LogP contribution in [0.3, 0.4) is 0 Å². The van der Waals surface area contributed by atoms with Gasteiger partial charge in [-0.25, -0.2) is 0 Å². The maximum atomic E-state index is 11.8. The molecule has 19 heavy (non-hydrogen) atoms. The van der Waals surface area contributed by atoms with E-state index in [-0.39, 0.29) is 10.0 Å². The first-order valence-electron chi connectivity index (χ1n) is 5.48. The Bertz CT molecular complexity index is 512. The van der Waals surface area contributed by atoms with Crippen molar-refractivity contribution in [2.45, 2.75) is 25.4 Å². The van der Waals surface area contributed by atoms with Crippen LogP contribution in [0.2, 0.25) is 10.0 Å². The lowest BCUT2D eigenvalue weighted by atomic mass is 10.0. The summed E-state index contributed by atoms with van der Waals surface area (Å²) in [6, 6.07) is 3.66. The Morgan fingerprint density at radius 1 is 1.32 bits per heavy atom. The Labute approximate surface area is 121 Å². The lowest BCUT2D eigenvalue weighted by molar-refractivity contribution is -0.133. The number of hydrogen-bond donors (Lipinski definition) is 3. The first-order valence-corrected chi connectivity index (χ1v) is 6.24. The van der Waals surface area contributed by atoms with Crippen LogP contribution in [0.25, 0.3) is 0 Å². The van der Waals surface area contributed by atoms with Gasteiger partial charge in [-0.1, -0.05) is 35.3 Å². The predicted octanol–water partition coefficient (Wildman–Crippen LogP) is 1.37. The molecule has 1 atom stereocenters. The Morgan fingerprint density at radius 2 is 1.89 bits per heavy atom. The summed E-state index contributed by atoms with van der Waals surface area (Å²) in [5.41, 5.74) is 10.5. The minimum absolute atomic E-state index is 0.186. The van der Waals surface area contributed by atoms with Crippen molar-refractivity contribution in [3.05, 3.63) is 33.8 Å². The van der Waals surface area contributed by atoms with E-state index in [0.717, 1.165) is 0 Å². The topological polar surface area (TPSA) is 98.2 Å². The molecule has 0 radical (unpaired) electrons. The Kier molecular flexibility index (Phi) is 4.92. The third kappa shape index (κ3) is 3.91. The molecule has 0 aliphatic heterocycles. The highest BCUT2D eigenvalue weighted by atomic mass is 35.5. The van der Waals surface area contributed by atoms with Crippen LogP contribution in [0.15, 0.2) is 18.2 Å². The molecule has 0 saturated carbocycles. The SMILES string of the molecule is CC(C)(N)C(=O)NC(=O)C(N)c1cccc(Cl)c1Cl. The van der Waals surface area contributed by atoms with Crippen molar-refractivity contribution in [1.29, 1.82) is 0 Å². The molecule has 5 N–H and O–H groups in total. The second-order valence-corrected chi connectivity index (χ2v) is 5.45. The monoisotopic (exact) mass is 303 g/mol. The van der Waals surface area contributed by atoms with Gasteiger partial charge < -0.3 is 11.5 Å². The molecule has 2 amide bonds. The Morgan fingerprint density at radius 3 is 2.42 bits per heavy atom. The van der Waals surface area contributed by atoms with Gasteiger partial charge >= 0.3 is 0 Å². The van der Waals surface area contributed by atoms with E-state index in [4.69, 9.17) is 34.7 Å². The molecule has 7 heteroatoms. The fourth-order valence-corrected chi connectivity index (χ4v) is 1.68. The zero-order valence-electron chi connectivity index (χ0n) is 10.5. The van der Waals surface area contributed by atoms with E-state index in [2.05, 4.69) is 5.32 Å². The molecule has 0 heterocycles. The third-order valence-electron chi connectivity index (χ3n) is 2.42. The average Bonchev–Trinajstić information content (AvgIpc) is 2.30. The molecule has 1 aromatic rings. The molecule has 5 nitrogen and oxygen atoms in total. The van der Waals surface area contributed by atoms with E-state index < -0.39 is 23.4 Å². The molecule has 1 aromatic carbocycles. The van der Waals surface area contributed by atoms with Gasteiger partial charge in [0, 0.05) is 0 Å². The van der Waals surface area contributed by atoms with Gasteiger partial charge in [0.05, 0.1) is 15.6 Å². The summed E-state index contributed by atoms with van der Waals surface area (Å²) < 4.78 is 0. The zero-order chi connectivity index (χ0) is 14.8. The summed E-state index contributed by atoms with van der Waals surface area (Å²) in [6.45, 7) is 2.96. The van der Waals surface area contributed by atoms with E-state index in [1.54, 1.807) is 18.2 Å². The summed E-state index contributed by atoms with van der Waals surface area (Å²) in [6.07, 6.45) is 0. The Hall–Kier alpha value is -1.14. The largest absolute Gasteiger partial charge is 0.318 e. The molecule has 0 spiro atoms. The zero-order valence-corrected chi connectivity index (χ0v) is 12.0. The van der Waals surface area contributed by atoms with Crippen molar-refractivity contribution in [3.8, 4) is 0 Å². The van der Waals surface area contributed by atoms with Gasteiger partial charge in [-0.3, -0.25) is 14.9 Å². The lowest BCUT2D eigenvalue weighted by Gasteiger charge is -2.19. The fourth-order valence-electron chi connectivity index (χ4n) is 1.25. The van der Waals surface area contributed by atoms with Crippen molar-refractivity contribution >= 4 is 35.0 Å². The van der Waals surface area contributed by atoms with Crippen LogP contribution in [0, 0.1) is 0 Å². The fraction of sp³-hybridized carbons (Fsp3) is 0.333. The van der Waals surface area contributed by atoms with Crippen molar-refractivity contribution in [1.82, 2.24) is 5.32 Å². The number of hydrogen-bond acceptors (Lipinski definition) is 4. The predicted molar refractivity (Wildman–Crippen MR) is 74.8 cm³/mol. The summed E-state index contributed by atoms with van der Waals surface area (Å²) in [5.74, 6) is -1.31. The highest BCUT2D eigenvalue weighted by Gasteiger charge is 2.27. The third-order valence-corrected chi connectivity index (χ3v) is 3.25. The molecular weight excluding hydrogens is 289 g/mol. The van der Waals surface area contributed by atoms with Crippen LogP contribution in [-0.4, -0.2) is 17.4 Å².